The minimum atomic E-state index is -1.72. The van der Waals surface area contributed by atoms with Crippen LogP contribution in [0.4, 0.5) is 0 Å². The van der Waals surface area contributed by atoms with Gasteiger partial charge in [-0.05, 0) is 22.3 Å². The predicted molar refractivity (Wildman–Crippen MR) is 185 cm³/mol. The van der Waals surface area contributed by atoms with Crippen molar-refractivity contribution in [2.75, 3.05) is 13.2 Å². The molecule has 11 nitrogen and oxygen atoms in total. The van der Waals surface area contributed by atoms with Crippen LogP contribution in [0.2, 0.25) is 0 Å². The van der Waals surface area contributed by atoms with Crippen molar-refractivity contribution in [3.05, 3.63) is 144 Å². The molecule has 0 amide bonds. The van der Waals surface area contributed by atoms with E-state index >= 15 is 0 Å². The first kappa shape index (κ1) is 37.2. The third-order valence-electron chi connectivity index (χ3n) is 8.97. The second-order valence-electron chi connectivity index (χ2n) is 12.7. The molecule has 0 aliphatic carbocycles. The molecule has 51 heavy (non-hydrogen) atoms. The van der Waals surface area contributed by atoms with E-state index in [4.69, 9.17) is 33.2 Å². The number of hydrogen-bond acceptors (Lipinski definition) is 11. The summed E-state index contributed by atoms with van der Waals surface area (Å²) in [5, 5.41) is 42.4. The zero-order valence-electron chi connectivity index (χ0n) is 28.2. The van der Waals surface area contributed by atoms with Crippen molar-refractivity contribution in [1.29, 1.82) is 0 Å². The SMILES string of the molecule is OC[C@H]1O[C@@H](O)[C@H](O)[C@@H](O[C@@H]2O[C@H](COCc3ccccc3)[C@@H](OCc3ccccc3)[C@H](OCc3ccccc3)[C@H]2OCc2ccccc2)[C@H]1O. The number of rotatable bonds is 16. The number of aliphatic hydroxyl groups excluding tert-OH is 4. The Balaban J connectivity index is 1.34. The van der Waals surface area contributed by atoms with Crippen molar-refractivity contribution in [2.45, 2.75) is 87.8 Å². The van der Waals surface area contributed by atoms with Gasteiger partial charge in [-0.2, -0.15) is 0 Å². The van der Waals surface area contributed by atoms with Crippen molar-refractivity contribution >= 4 is 0 Å². The Morgan fingerprint density at radius 1 is 0.471 bits per heavy atom. The molecule has 0 bridgehead atoms. The van der Waals surface area contributed by atoms with Gasteiger partial charge < -0.3 is 53.6 Å². The van der Waals surface area contributed by atoms with Gasteiger partial charge in [0, 0.05) is 0 Å². The summed E-state index contributed by atoms with van der Waals surface area (Å²) in [5.41, 5.74) is 3.73. The average molecular weight is 703 g/mol. The van der Waals surface area contributed by atoms with E-state index in [0.717, 1.165) is 22.3 Å². The summed E-state index contributed by atoms with van der Waals surface area (Å²) in [6.07, 6.45) is -12.0. The fraction of sp³-hybridized carbons (Fsp3) is 0.400. The summed E-state index contributed by atoms with van der Waals surface area (Å²) in [6, 6.07) is 38.8. The fourth-order valence-corrected chi connectivity index (χ4v) is 6.24. The van der Waals surface area contributed by atoms with Crippen LogP contribution in [0.15, 0.2) is 121 Å². The summed E-state index contributed by atoms with van der Waals surface area (Å²) in [6.45, 7) is 0.377. The van der Waals surface area contributed by atoms with Crippen LogP contribution in [-0.4, -0.2) is 95.1 Å². The van der Waals surface area contributed by atoms with Gasteiger partial charge in [-0.15, -0.1) is 0 Å². The van der Waals surface area contributed by atoms with E-state index in [-0.39, 0.29) is 26.4 Å². The summed E-state index contributed by atoms with van der Waals surface area (Å²) in [7, 11) is 0. The number of aliphatic hydroxyl groups is 4. The minimum Gasteiger partial charge on any atom is -0.394 e. The monoisotopic (exact) mass is 702 g/mol. The van der Waals surface area contributed by atoms with Gasteiger partial charge in [0.15, 0.2) is 12.6 Å². The molecule has 4 aromatic carbocycles. The molecule has 0 spiro atoms. The van der Waals surface area contributed by atoms with Gasteiger partial charge in [-0.1, -0.05) is 121 Å². The van der Waals surface area contributed by atoms with Crippen molar-refractivity contribution in [3.63, 3.8) is 0 Å². The smallest absolute Gasteiger partial charge is 0.187 e. The molecule has 2 aliphatic heterocycles. The molecule has 0 radical (unpaired) electrons. The maximum Gasteiger partial charge on any atom is 0.187 e. The van der Waals surface area contributed by atoms with E-state index in [2.05, 4.69) is 0 Å². The summed E-state index contributed by atoms with van der Waals surface area (Å²) in [5.74, 6) is 0. The molecule has 4 N–H and O–H groups in total. The molecule has 2 heterocycles. The molecule has 0 aromatic heterocycles. The maximum atomic E-state index is 11.1. The van der Waals surface area contributed by atoms with Crippen molar-refractivity contribution in [3.8, 4) is 0 Å². The Hall–Kier alpha value is -3.56. The fourth-order valence-electron chi connectivity index (χ4n) is 6.24. The second kappa shape index (κ2) is 18.8. The molecule has 272 valence electrons. The Labute approximate surface area is 297 Å². The van der Waals surface area contributed by atoms with Crippen LogP contribution in [0.3, 0.4) is 0 Å². The van der Waals surface area contributed by atoms with Gasteiger partial charge in [-0.25, -0.2) is 0 Å². The summed E-state index contributed by atoms with van der Waals surface area (Å²) in [4.78, 5) is 0. The van der Waals surface area contributed by atoms with Crippen LogP contribution in [0, 0.1) is 0 Å². The number of hydrogen-bond donors (Lipinski definition) is 4. The van der Waals surface area contributed by atoms with Crippen LogP contribution in [0.1, 0.15) is 22.3 Å². The maximum absolute atomic E-state index is 11.1. The van der Waals surface area contributed by atoms with Crippen molar-refractivity contribution < 1.29 is 53.6 Å². The third-order valence-corrected chi connectivity index (χ3v) is 8.97. The highest BCUT2D eigenvalue weighted by Gasteiger charge is 2.53. The van der Waals surface area contributed by atoms with E-state index in [0.29, 0.717) is 6.61 Å². The van der Waals surface area contributed by atoms with E-state index in [1.54, 1.807) is 0 Å². The van der Waals surface area contributed by atoms with Crippen molar-refractivity contribution in [1.82, 2.24) is 0 Å². The van der Waals surface area contributed by atoms with E-state index in [1.165, 1.54) is 0 Å². The van der Waals surface area contributed by atoms with Gasteiger partial charge in [0.05, 0.1) is 39.6 Å². The Morgan fingerprint density at radius 2 is 0.922 bits per heavy atom. The molecule has 10 atom stereocenters. The van der Waals surface area contributed by atoms with E-state index in [9.17, 15) is 20.4 Å². The van der Waals surface area contributed by atoms with Crippen LogP contribution in [0.5, 0.6) is 0 Å². The lowest BCUT2D eigenvalue weighted by Gasteiger charge is -2.48. The molecular formula is C40H46O11. The zero-order chi connectivity index (χ0) is 35.4. The first-order chi connectivity index (χ1) is 25.0. The highest BCUT2D eigenvalue weighted by molar-refractivity contribution is 5.16. The van der Waals surface area contributed by atoms with Gasteiger partial charge in [0.25, 0.3) is 0 Å². The van der Waals surface area contributed by atoms with Gasteiger partial charge >= 0.3 is 0 Å². The lowest BCUT2D eigenvalue weighted by molar-refractivity contribution is -0.368. The molecular weight excluding hydrogens is 656 g/mol. The highest BCUT2D eigenvalue weighted by atomic mass is 16.7. The van der Waals surface area contributed by atoms with Crippen molar-refractivity contribution in [2.24, 2.45) is 0 Å². The Bertz CT molecular complexity index is 1550. The van der Waals surface area contributed by atoms with Crippen LogP contribution in [-0.2, 0) is 59.6 Å². The first-order valence-corrected chi connectivity index (χ1v) is 17.2. The van der Waals surface area contributed by atoms with Gasteiger partial charge in [0.2, 0.25) is 0 Å². The lowest BCUT2D eigenvalue weighted by atomic mass is 9.96. The number of benzene rings is 4. The molecule has 11 heteroatoms. The Morgan fingerprint density at radius 3 is 1.41 bits per heavy atom. The normalized spacial score (nSPS) is 29.5. The van der Waals surface area contributed by atoms with E-state index < -0.39 is 68.0 Å². The van der Waals surface area contributed by atoms with Crippen LogP contribution < -0.4 is 0 Å². The second-order valence-corrected chi connectivity index (χ2v) is 12.7. The van der Waals surface area contributed by atoms with E-state index in [1.807, 2.05) is 121 Å². The average Bonchev–Trinajstić information content (AvgIpc) is 3.17. The quantitative estimate of drug-likeness (QED) is 0.136. The lowest BCUT2D eigenvalue weighted by Crippen LogP contribution is -2.65. The van der Waals surface area contributed by atoms with Crippen LogP contribution >= 0.6 is 0 Å². The highest BCUT2D eigenvalue weighted by Crippen LogP contribution is 2.34. The molecule has 2 saturated heterocycles. The zero-order valence-corrected chi connectivity index (χ0v) is 28.2. The molecule has 0 unspecified atom stereocenters. The summed E-state index contributed by atoms with van der Waals surface area (Å²) < 4.78 is 44.3. The minimum absolute atomic E-state index is 0.0750. The molecule has 4 aromatic rings. The molecule has 2 fully saturated rings. The van der Waals surface area contributed by atoms with Gasteiger partial charge in [-0.3, -0.25) is 0 Å². The number of ether oxygens (including phenoxy) is 7. The third kappa shape index (κ3) is 10.1. The predicted octanol–water partition coefficient (Wildman–Crippen LogP) is 3.50. The molecule has 0 saturated carbocycles. The Kier molecular flexibility index (Phi) is 13.7. The summed E-state index contributed by atoms with van der Waals surface area (Å²) >= 11 is 0. The topological polar surface area (TPSA) is 146 Å². The van der Waals surface area contributed by atoms with Crippen LogP contribution in [0.25, 0.3) is 0 Å². The molecule has 6 rings (SSSR count). The first-order valence-electron chi connectivity index (χ1n) is 17.2. The molecule has 2 aliphatic rings. The van der Waals surface area contributed by atoms with Gasteiger partial charge in [0.1, 0.15) is 48.8 Å². The largest absolute Gasteiger partial charge is 0.394 e. The standard InChI is InChI=1S/C40H46O11/c41-21-31-33(42)36(34(43)39(44)49-31)51-40-38(48-25-30-19-11-4-12-20-30)37(47-24-29-17-9-3-10-18-29)35(46-23-28-15-7-2-8-16-28)32(50-40)26-45-22-27-13-5-1-6-14-27/h1-20,31-44H,21-26H2/t31-,32-,33+,34-,35-,36+,37+,38-,39-,40+/m1/s1.